The molecule has 4 aliphatic rings. The van der Waals surface area contributed by atoms with E-state index >= 15 is 0 Å². The average molecular weight is 642 g/mol. The summed E-state index contributed by atoms with van der Waals surface area (Å²) in [6.45, 7) is 6.02. The quantitative estimate of drug-likeness (QED) is 0.369. The Morgan fingerprint density at radius 3 is 2.47 bits per heavy atom. The fraction of sp³-hybridized carbons (Fsp3) is 0.583. The number of carbonyl (C=O) groups excluding carboxylic acids is 4. The second-order valence-corrected chi connectivity index (χ2v) is 14.1. The van der Waals surface area contributed by atoms with Crippen LogP contribution in [0.5, 0.6) is 0 Å². The van der Waals surface area contributed by atoms with Crippen LogP contribution >= 0.6 is 0 Å². The second kappa shape index (κ2) is 12.3. The lowest BCUT2D eigenvalue weighted by Gasteiger charge is -2.36. The van der Waals surface area contributed by atoms with Crippen molar-refractivity contribution in [3.8, 4) is 11.1 Å². The van der Waals surface area contributed by atoms with E-state index in [9.17, 15) is 19.2 Å². The number of hydrogen-bond acceptors (Lipinski definition) is 9. The van der Waals surface area contributed by atoms with Crippen LogP contribution in [0.15, 0.2) is 24.5 Å². The van der Waals surface area contributed by atoms with Gasteiger partial charge in [-0.1, -0.05) is 19.8 Å². The summed E-state index contributed by atoms with van der Waals surface area (Å²) in [5.74, 6) is 0.512. The molecule has 1 aromatic carbocycles. The Morgan fingerprint density at radius 2 is 1.74 bits per heavy atom. The van der Waals surface area contributed by atoms with Gasteiger partial charge in [0, 0.05) is 49.2 Å². The lowest BCUT2D eigenvalue weighted by Crippen LogP contribution is -2.44. The lowest BCUT2D eigenvalue weighted by atomic mass is 9.76. The van der Waals surface area contributed by atoms with E-state index in [0.717, 1.165) is 47.9 Å². The first kappa shape index (κ1) is 31.8. The van der Waals surface area contributed by atoms with Crippen LogP contribution in [-0.2, 0) is 36.8 Å². The largest absolute Gasteiger partial charge is 0.354 e. The summed E-state index contributed by atoms with van der Waals surface area (Å²) in [6.07, 6.45) is 10.2. The summed E-state index contributed by atoms with van der Waals surface area (Å²) in [4.78, 5) is 64.9. The number of benzene rings is 1. The zero-order valence-electron chi connectivity index (χ0n) is 27.5. The minimum atomic E-state index is -0.673. The third-order valence-electron chi connectivity index (χ3n) is 11.0. The Bertz CT molecular complexity index is 1740. The van der Waals surface area contributed by atoms with E-state index in [1.807, 2.05) is 19.9 Å². The van der Waals surface area contributed by atoms with Crippen molar-refractivity contribution >= 4 is 34.2 Å². The Balaban J connectivity index is 1.31. The minimum Gasteiger partial charge on any atom is -0.354 e. The van der Waals surface area contributed by atoms with E-state index in [2.05, 4.69) is 16.0 Å². The average Bonchev–Trinajstić information content (AvgIpc) is 3.48. The monoisotopic (exact) mass is 641 g/mol. The van der Waals surface area contributed by atoms with E-state index in [-0.39, 0.29) is 48.1 Å². The number of ether oxygens (including phenoxy) is 2. The molecule has 3 fully saturated rings. The lowest BCUT2D eigenvalue weighted by molar-refractivity contribution is -0.178. The number of nitrogens with zero attached hydrogens (tertiary/aromatic N) is 5. The van der Waals surface area contributed by atoms with Crippen LogP contribution in [-0.4, -0.2) is 80.0 Å². The van der Waals surface area contributed by atoms with Crippen LogP contribution in [0.3, 0.4) is 0 Å². The highest BCUT2D eigenvalue weighted by atomic mass is 16.7. The van der Waals surface area contributed by atoms with Crippen LogP contribution in [0.2, 0.25) is 0 Å². The van der Waals surface area contributed by atoms with Gasteiger partial charge in [-0.3, -0.25) is 23.9 Å². The molecule has 1 aliphatic carbocycles. The molecular formula is C36H43N5O6. The van der Waals surface area contributed by atoms with E-state index in [1.54, 1.807) is 22.0 Å². The van der Waals surface area contributed by atoms with Crippen LogP contribution < -0.4 is 0 Å². The Labute approximate surface area is 274 Å². The third kappa shape index (κ3) is 5.71. The Morgan fingerprint density at radius 1 is 0.979 bits per heavy atom. The molecule has 3 aromatic rings. The smallest absolute Gasteiger partial charge is 0.245 e. The van der Waals surface area contributed by atoms with Crippen molar-refractivity contribution in [3.63, 3.8) is 0 Å². The maximum absolute atomic E-state index is 14.3. The number of amides is 1. The predicted octanol–water partition coefficient (Wildman–Crippen LogP) is 4.80. The molecule has 3 aliphatic heterocycles. The molecule has 0 N–H and O–H groups in total. The molecular weight excluding hydrogens is 598 g/mol. The van der Waals surface area contributed by atoms with Gasteiger partial charge in [-0.25, -0.2) is 9.97 Å². The molecule has 3 atom stereocenters. The van der Waals surface area contributed by atoms with Crippen molar-refractivity contribution in [3.05, 3.63) is 41.6 Å². The maximum atomic E-state index is 14.3. The second-order valence-electron chi connectivity index (χ2n) is 14.1. The van der Waals surface area contributed by atoms with Gasteiger partial charge >= 0.3 is 0 Å². The van der Waals surface area contributed by atoms with Gasteiger partial charge < -0.3 is 14.4 Å². The highest BCUT2D eigenvalue weighted by molar-refractivity contribution is 6.07. The van der Waals surface area contributed by atoms with Crippen molar-refractivity contribution in [1.82, 2.24) is 24.6 Å². The molecule has 5 heterocycles. The molecule has 0 radical (unpaired) electrons. The first-order valence-electron chi connectivity index (χ1n) is 17.0. The molecule has 248 valence electrons. The highest BCUT2D eigenvalue weighted by Gasteiger charge is 2.66. The topological polar surface area (TPSA) is 134 Å². The summed E-state index contributed by atoms with van der Waals surface area (Å²) in [5.41, 5.74) is 2.87. The summed E-state index contributed by atoms with van der Waals surface area (Å²) in [6, 6.07) is 3.44. The first-order chi connectivity index (χ1) is 22.6. The zero-order chi connectivity index (χ0) is 32.9. The number of aryl methyl sites for hydroxylation is 2. The van der Waals surface area contributed by atoms with Crippen LogP contribution in [0.1, 0.15) is 93.5 Å². The van der Waals surface area contributed by atoms with Crippen molar-refractivity contribution in [2.75, 3.05) is 20.0 Å². The summed E-state index contributed by atoms with van der Waals surface area (Å²) in [7, 11) is 0. The fourth-order valence-corrected chi connectivity index (χ4v) is 8.35. The standard InChI is InChI=1S/C36H43N5O6/c1-4-29(43)28-14-35-11-9-31(44)36(19-46-21-47-20-36)10-7-5-6-8-24-12-25(26-16-37-23(3)38-17-26)13-27-33(22(2)42)39-40(34(24)27)18-32(45)41(28)30(35)15-35/h12-13,16-17,28,30H,4-11,14-15,18-21H2,1-3H3/t28-,30+,35-/m0/s1. The Kier molecular flexibility index (Phi) is 8.32. The third-order valence-corrected chi connectivity index (χ3v) is 11.0. The molecule has 1 amide bonds. The predicted molar refractivity (Wildman–Crippen MR) is 173 cm³/mol. The molecule has 2 bridgehead atoms. The Hall–Kier alpha value is -3.83. The van der Waals surface area contributed by atoms with Crippen LogP contribution in [0.4, 0.5) is 0 Å². The number of carbonyl (C=O) groups is 4. The number of aromatic nitrogens is 4. The van der Waals surface area contributed by atoms with Crippen LogP contribution in [0.25, 0.3) is 22.0 Å². The van der Waals surface area contributed by atoms with E-state index in [4.69, 9.17) is 14.6 Å². The number of hydrogen-bond donors (Lipinski definition) is 0. The SMILES string of the molecule is CCC(=O)[C@@H]1C[C@]23CCC(=O)C4(CCCCCc5cc(-c6cnc(C)nc6)cc6c(C(C)=O)nn(c56)CC(=O)N1[C@@H]2C3)COCOC4. The van der Waals surface area contributed by atoms with Gasteiger partial charge in [0.1, 0.15) is 30.6 Å². The summed E-state index contributed by atoms with van der Waals surface area (Å²) in [5, 5.41) is 5.44. The number of rotatable bonds is 4. The first-order valence-corrected chi connectivity index (χ1v) is 17.0. The molecule has 1 saturated carbocycles. The highest BCUT2D eigenvalue weighted by Crippen LogP contribution is 2.62. The van der Waals surface area contributed by atoms with Gasteiger partial charge in [0.25, 0.3) is 0 Å². The van der Waals surface area contributed by atoms with Gasteiger partial charge in [0.05, 0.1) is 30.2 Å². The normalized spacial score (nSPS) is 26.3. The van der Waals surface area contributed by atoms with Crippen molar-refractivity contribution in [2.45, 2.75) is 104 Å². The molecule has 47 heavy (non-hydrogen) atoms. The fourth-order valence-electron chi connectivity index (χ4n) is 8.35. The molecule has 1 spiro atoms. The van der Waals surface area contributed by atoms with Gasteiger partial charge in [0.15, 0.2) is 11.6 Å². The van der Waals surface area contributed by atoms with E-state index in [0.29, 0.717) is 68.6 Å². The molecule has 0 unspecified atom stereocenters. The number of ketones is 3. The van der Waals surface area contributed by atoms with Gasteiger partial charge in [-0.15, -0.1) is 0 Å². The number of Topliss-reactive ketones (excluding diaryl/α,β-unsaturated/α-hetero) is 3. The molecule has 2 saturated heterocycles. The van der Waals surface area contributed by atoms with Crippen molar-refractivity contribution in [1.29, 1.82) is 0 Å². The van der Waals surface area contributed by atoms with Gasteiger partial charge in [-0.2, -0.15) is 5.10 Å². The molecule has 11 nitrogen and oxygen atoms in total. The zero-order valence-corrected chi connectivity index (χ0v) is 27.5. The van der Waals surface area contributed by atoms with Crippen molar-refractivity contribution < 1.29 is 28.7 Å². The minimum absolute atomic E-state index is 0.0385. The molecule has 2 aromatic heterocycles. The molecule has 11 heteroatoms. The van der Waals surface area contributed by atoms with Gasteiger partial charge in [0.2, 0.25) is 5.91 Å². The maximum Gasteiger partial charge on any atom is 0.245 e. The van der Waals surface area contributed by atoms with Crippen LogP contribution in [0, 0.1) is 17.8 Å². The molecule has 7 rings (SSSR count). The van der Waals surface area contributed by atoms with Gasteiger partial charge in [-0.05, 0) is 74.1 Å². The van der Waals surface area contributed by atoms with Crippen molar-refractivity contribution in [2.24, 2.45) is 10.8 Å². The number of piperidine rings is 1. The summed E-state index contributed by atoms with van der Waals surface area (Å²) < 4.78 is 13.1. The summed E-state index contributed by atoms with van der Waals surface area (Å²) >= 11 is 0. The van der Waals surface area contributed by atoms with E-state index in [1.165, 1.54) is 6.92 Å². The van der Waals surface area contributed by atoms with E-state index < -0.39 is 11.5 Å².